The average Bonchev–Trinajstić information content (AvgIpc) is 2.54. The Morgan fingerprint density at radius 3 is 2.32 bits per heavy atom. The molecule has 28 heavy (non-hydrogen) atoms. The minimum Gasteiger partial charge on any atom is -0.460 e. The number of alkyl halides is 3. The monoisotopic (exact) mass is 401 g/mol. The highest BCUT2D eigenvalue weighted by molar-refractivity contribution is 5.93. The number of halogens is 3. The predicted octanol–water partition coefficient (Wildman–Crippen LogP) is 4.21. The number of benzene rings is 1. The molecule has 1 aliphatic rings. The van der Waals surface area contributed by atoms with E-state index in [9.17, 15) is 18.0 Å². The van der Waals surface area contributed by atoms with Crippen LogP contribution in [0.3, 0.4) is 0 Å². The van der Waals surface area contributed by atoms with Gasteiger partial charge in [-0.15, -0.1) is 13.2 Å². The summed E-state index contributed by atoms with van der Waals surface area (Å²) in [6.45, 7) is 5.48. The molecular formula is C19H26F3N3O3. The maximum Gasteiger partial charge on any atom is 0.573 e. The molecule has 1 saturated carbocycles. The third kappa shape index (κ3) is 7.28. The number of nitrogens with one attached hydrogen (secondary N) is 1. The van der Waals surface area contributed by atoms with Crippen LogP contribution in [0.2, 0.25) is 0 Å². The molecule has 0 spiro atoms. The number of carbonyl (C=O) groups is 1. The number of hydrogen-bond donors (Lipinski definition) is 2. The van der Waals surface area contributed by atoms with Gasteiger partial charge in [-0.1, -0.05) is 12.1 Å². The quantitative estimate of drug-likeness (QED) is 0.448. The van der Waals surface area contributed by atoms with Gasteiger partial charge < -0.3 is 20.5 Å². The molecule has 156 valence electrons. The first kappa shape index (κ1) is 21.8. The number of carbonyl (C=O) groups excluding carboxylic acids is 1. The van der Waals surface area contributed by atoms with Gasteiger partial charge in [-0.3, -0.25) is 4.79 Å². The Labute approximate surface area is 162 Å². The van der Waals surface area contributed by atoms with Crippen molar-refractivity contribution in [3.05, 3.63) is 24.3 Å². The van der Waals surface area contributed by atoms with E-state index in [0.717, 1.165) is 0 Å². The average molecular weight is 401 g/mol. The second kappa shape index (κ2) is 8.70. The summed E-state index contributed by atoms with van der Waals surface area (Å²) in [6, 6.07) is 5.49. The minimum atomic E-state index is -4.80. The molecule has 6 nitrogen and oxygen atoms in total. The molecular weight excluding hydrogens is 375 g/mol. The summed E-state index contributed by atoms with van der Waals surface area (Å²) in [5.74, 6) is -0.763. The van der Waals surface area contributed by atoms with Crippen molar-refractivity contribution in [3.63, 3.8) is 0 Å². The Hall–Kier alpha value is -2.45. The maximum atomic E-state index is 12.5. The summed E-state index contributed by atoms with van der Waals surface area (Å²) < 4.78 is 46.8. The van der Waals surface area contributed by atoms with Gasteiger partial charge in [-0.05, 0) is 58.6 Å². The third-order valence-corrected chi connectivity index (χ3v) is 4.13. The van der Waals surface area contributed by atoms with E-state index >= 15 is 0 Å². The van der Waals surface area contributed by atoms with Gasteiger partial charge >= 0.3 is 12.3 Å². The SMILES string of the molecule is CC(C)(C)OC(=O)C1CCC(N=C(N)Nc2ccccc2OC(F)(F)F)CC1. The van der Waals surface area contributed by atoms with Crippen LogP contribution in [-0.4, -0.2) is 29.9 Å². The van der Waals surface area contributed by atoms with Crippen LogP contribution in [0.25, 0.3) is 0 Å². The molecule has 1 fully saturated rings. The summed E-state index contributed by atoms with van der Waals surface area (Å²) in [6.07, 6.45) is -2.25. The minimum absolute atomic E-state index is 0.000979. The number of nitrogens with two attached hydrogens (primary N) is 1. The highest BCUT2D eigenvalue weighted by Gasteiger charge is 2.32. The van der Waals surface area contributed by atoms with E-state index in [2.05, 4.69) is 15.0 Å². The maximum absolute atomic E-state index is 12.5. The molecule has 1 aliphatic carbocycles. The van der Waals surface area contributed by atoms with Crippen molar-refractivity contribution in [3.8, 4) is 5.75 Å². The normalized spacial score (nSPS) is 21.1. The van der Waals surface area contributed by atoms with Crippen molar-refractivity contribution < 1.29 is 27.4 Å². The molecule has 0 aliphatic heterocycles. The largest absolute Gasteiger partial charge is 0.573 e. The number of nitrogens with zero attached hydrogens (tertiary/aromatic N) is 1. The lowest BCUT2D eigenvalue weighted by Crippen LogP contribution is -2.32. The van der Waals surface area contributed by atoms with E-state index in [0.29, 0.717) is 25.7 Å². The van der Waals surface area contributed by atoms with Crippen LogP contribution < -0.4 is 15.8 Å². The lowest BCUT2D eigenvalue weighted by atomic mass is 9.86. The molecule has 0 unspecified atom stereocenters. The number of anilines is 1. The smallest absolute Gasteiger partial charge is 0.460 e. The van der Waals surface area contributed by atoms with Crippen LogP contribution in [0, 0.1) is 5.92 Å². The van der Waals surface area contributed by atoms with Crippen molar-refractivity contribution in [2.45, 2.75) is 64.5 Å². The number of para-hydroxylation sites is 2. The Kier molecular flexibility index (Phi) is 6.79. The Bertz CT molecular complexity index is 706. The van der Waals surface area contributed by atoms with Crippen LogP contribution in [0.1, 0.15) is 46.5 Å². The molecule has 0 bridgehead atoms. The van der Waals surface area contributed by atoms with Crippen molar-refractivity contribution in [2.75, 3.05) is 5.32 Å². The van der Waals surface area contributed by atoms with Crippen LogP contribution in [0.4, 0.5) is 18.9 Å². The number of hydrogen-bond acceptors (Lipinski definition) is 4. The van der Waals surface area contributed by atoms with Crippen LogP contribution >= 0.6 is 0 Å². The van der Waals surface area contributed by atoms with Gasteiger partial charge in [0.1, 0.15) is 5.60 Å². The molecule has 0 amide bonds. The number of esters is 1. The van der Waals surface area contributed by atoms with Crippen LogP contribution in [-0.2, 0) is 9.53 Å². The molecule has 2 rings (SSSR count). The fraction of sp³-hybridized carbons (Fsp3) is 0.579. The molecule has 0 atom stereocenters. The van der Waals surface area contributed by atoms with Gasteiger partial charge in [-0.25, -0.2) is 4.99 Å². The molecule has 0 saturated heterocycles. The van der Waals surface area contributed by atoms with Gasteiger partial charge in [0.15, 0.2) is 11.7 Å². The van der Waals surface area contributed by atoms with Gasteiger partial charge in [0, 0.05) is 0 Å². The molecule has 0 radical (unpaired) electrons. The number of rotatable bonds is 4. The summed E-state index contributed by atoms with van der Waals surface area (Å²) in [4.78, 5) is 16.5. The van der Waals surface area contributed by atoms with E-state index in [1.54, 1.807) is 6.07 Å². The zero-order chi connectivity index (χ0) is 20.9. The summed E-state index contributed by atoms with van der Waals surface area (Å²) >= 11 is 0. The fourth-order valence-electron chi connectivity index (χ4n) is 2.98. The van der Waals surface area contributed by atoms with Crippen LogP contribution in [0.15, 0.2) is 29.3 Å². The van der Waals surface area contributed by atoms with E-state index in [-0.39, 0.29) is 35.3 Å². The zero-order valence-corrected chi connectivity index (χ0v) is 16.2. The first-order valence-electron chi connectivity index (χ1n) is 9.11. The lowest BCUT2D eigenvalue weighted by Gasteiger charge is -2.28. The van der Waals surface area contributed by atoms with E-state index in [1.807, 2.05) is 20.8 Å². The second-order valence-corrected chi connectivity index (χ2v) is 7.72. The van der Waals surface area contributed by atoms with Crippen molar-refractivity contribution >= 4 is 17.6 Å². The summed E-state index contributed by atoms with van der Waals surface area (Å²) in [5, 5.41) is 2.66. The second-order valence-electron chi connectivity index (χ2n) is 7.72. The Morgan fingerprint density at radius 2 is 1.75 bits per heavy atom. The highest BCUT2D eigenvalue weighted by atomic mass is 19.4. The van der Waals surface area contributed by atoms with Crippen molar-refractivity contribution in [1.82, 2.24) is 0 Å². The highest BCUT2D eigenvalue weighted by Crippen LogP contribution is 2.31. The Morgan fingerprint density at radius 1 is 1.14 bits per heavy atom. The molecule has 0 aromatic heterocycles. The first-order chi connectivity index (χ1) is 12.9. The third-order valence-electron chi connectivity index (χ3n) is 4.13. The zero-order valence-electron chi connectivity index (χ0n) is 16.2. The Balaban J connectivity index is 1.93. The van der Waals surface area contributed by atoms with E-state index < -0.39 is 12.0 Å². The fourth-order valence-corrected chi connectivity index (χ4v) is 2.98. The summed E-state index contributed by atoms with van der Waals surface area (Å²) in [5.41, 5.74) is 5.41. The van der Waals surface area contributed by atoms with E-state index in [4.69, 9.17) is 10.5 Å². The molecule has 1 aromatic carbocycles. The molecule has 9 heteroatoms. The van der Waals surface area contributed by atoms with Gasteiger partial charge in [0.2, 0.25) is 0 Å². The molecule has 0 heterocycles. The number of aliphatic imine (C=N–C) groups is 1. The summed E-state index contributed by atoms with van der Waals surface area (Å²) in [7, 11) is 0. The standard InChI is InChI=1S/C19H26F3N3O3/c1-18(2,3)28-16(26)12-8-10-13(11-9-12)24-17(23)25-14-6-4-5-7-15(14)27-19(20,21)22/h4-7,12-13H,8-11H2,1-3H3,(H3,23,24,25). The lowest BCUT2D eigenvalue weighted by molar-refractivity contribution is -0.274. The van der Waals surface area contributed by atoms with Gasteiger partial charge in [0.25, 0.3) is 0 Å². The van der Waals surface area contributed by atoms with Crippen LogP contribution in [0.5, 0.6) is 5.75 Å². The number of ether oxygens (including phenoxy) is 2. The predicted molar refractivity (Wildman–Crippen MR) is 100.0 cm³/mol. The molecule has 1 aromatic rings. The van der Waals surface area contributed by atoms with Crippen molar-refractivity contribution in [2.24, 2.45) is 16.6 Å². The van der Waals surface area contributed by atoms with Gasteiger partial charge in [-0.2, -0.15) is 0 Å². The van der Waals surface area contributed by atoms with E-state index in [1.165, 1.54) is 18.2 Å². The number of guanidine groups is 1. The van der Waals surface area contributed by atoms with Crippen molar-refractivity contribution in [1.29, 1.82) is 0 Å². The first-order valence-corrected chi connectivity index (χ1v) is 9.11. The topological polar surface area (TPSA) is 85.9 Å². The molecule has 3 N–H and O–H groups in total. The van der Waals surface area contributed by atoms with Gasteiger partial charge in [0.05, 0.1) is 17.6 Å².